The Labute approximate surface area is 213 Å². The smallest absolute Gasteiger partial charge is 1.00 e. The van der Waals surface area contributed by atoms with Gasteiger partial charge in [-0.3, -0.25) is 0 Å². The molecule has 1 nitrogen and oxygen atoms in total. The van der Waals surface area contributed by atoms with Crippen molar-refractivity contribution in [3.8, 4) is 0 Å². The van der Waals surface area contributed by atoms with Crippen molar-refractivity contribution >= 4 is 29.2 Å². The first kappa shape index (κ1) is 29.1. The Morgan fingerprint density at radius 3 is 1.20 bits per heavy atom. The zero-order valence-corrected chi connectivity index (χ0v) is 22.0. The molecule has 0 spiro atoms. The van der Waals surface area contributed by atoms with E-state index in [-0.39, 0.29) is 52.8 Å². The van der Waals surface area contributed by atoms with E-state index in [1.54, 1.807) is 0 Å². The number of hydrogen-bond acceptors (Lipinski definition) is 2. The molecule has 0 radical (unpaired) electrons. The summed E-state index contributed by atoms with van der Waals surface area (Å²) in [6.07, 6.45) is 25.3. The zero-order valence-electron chi connectivity index (χ0n) is 18.2. The summed E-state index contributed by atoms with van der Waals surface area (Å²) >= 11 is 8.70. The van der Waals surface area contributed by atoms with Crippen molar-refractivity contribution in [2.24, 2.45) is 0 Å². The van der Waals surface area contributed by atoms with Crippen LogP contribution in [0, 0.1) is 0 Å². The number of ether oxygens (including phenoxy) is 1. The third-order valence-corrected chi connectivity index (χ3v) is 4.97. The summed E-state index contributed by atoms with van der Waals surface area (Å²) in [7, 11) is 0. The van der Waals surface area contributed by atoms with E-state index in [1.807, 2.05) is 0 Å². The van der Waals surface area contributed by atoms with Gasteiger partial charge in [-0.1, -0.05) is 129 Å². The quantitative estimate of drug-likeness (QED) is 0.132. The summed E-state index contributed by atoms with van der Waals surface area (Å²) in [5.41, 5.74) is 0. The van der Waals surface area contributed by atoms with Gasteiger partial charge in [-0.05, 0) is 18.6 Å². The first-order valence-electron chi connectivity index (χ1n) is 10.6. The monoisotopic (exact) mass is 414 g/mol. The third kappa shape index (κ3) is 28.2. The summed E-state index contributed by atoms with van der Waals surface area (Å²) < 4.78 is 5.54. The maximum absolute atomic E-state index is 5.17. The number of thiocarbonyl (C=S) groups is 1. The number of hydrogen-bond donors (Lipinski definition) is 1. The molecule has 0 heterocycles. The van der Waals surface area contributed by atoms with Gasteiger partial charge in [0.1, 0.15) is 0 Å². The zero-order chi connectivity index (χ0) is 17.7. The molecule has 0 aromatic rings. The van der Waals surface area contributed by atoms with Gasteiger partial charge in [-0.15, -0.1) is 0 Å². The fourth-order valence-electron chi connectivity index (χ4n) is 3.16. The molecule has 0 atom stereocenters. The van der Waals surface area contributed by atoms with Gasteiger partial charge in [-0.25, -0.2) is 0 Å². The Balaban J connectivity index is -0.00000264. The van der Waals surface area contributed by atoms with E-state index in [0.29, 0.717) is 4.38 Å². The average Bonchev–Trinajstić information content (AvgIpc) is 2.56. The Bertz CT molecular complexity index is 268. The molecule has 0 rings (SSSR count). The molecule has 0 bridgehead atoms. The molecule has 0 unspecified atom stereocenters. The molecule has 0 fully saturated rings. The van der Waals surface area contributed by atoms with Crippen molar-refractivity contribution in [3.63, 3.8) is 0 Å². The van der Waals surface area contributed by atoms with E-state index in [4.69, 9.17) is 17.0 Å². The van der Waals surface area contributed by atoms with E-state index in [9.17, 15) is 0 Å². The first-order valence-corrected chi connectivity index (χ1v) is 11.5. The van der Waals surface area contributed by atoms with Crippen molar-refractivity contribution in [3.05, 3.63) is 0 Å². The second-order valence-electron chi connectivity index (χ2n) is 7.12. The van der Waals surface area contributed by atoms with Crippen LogP contribution in [0.15, 0.2) is 0 Å². The van der Waals surface area contributed by atoms with Crippen LogP contribution in [0.4, 0.5) is 0 Å². The molecule has 146 valence electrons. The van der Waals surface area contributed by atoms with E-state index >= 15 is 0 Å². The van der Waals surface area contributed by atoms with Gasteiger partial charge in [0.2, 0.25) is 4.38 Å². The van der Waals surface area contributed by atoms with Gasteiger partial charge in [0, 0.05) is 0 Å². The Kier molecular flexibility index (Phi) is 30.1. The summed E-state index contributed by atoms with van der Waals surface area (Å²) in [5.74, 6) is 0. The molecule has 0 amide bonds. The van der Waals surface area contributed by atoms with Crippen molar-refractivity contribution < 1.29 is 57.5 Å². The SMILES string of the molecule is CCCCCCCCCCCCCCCCCCCCOC(=S)S.[H-].[K+]. The van der Waals surface area contributed by atoms with Crippen LogP contribution >= 0.6 is 24.8 Å². The van der Waals surface area contributed by atoms with Crippen molar-refractivity contribution in [1.82, 2.24) is 0 Å². The van der Waals surface area contributed by atoms with Crippen LogP contribution in [-0.4, -0.2) is 11.0 Å². The molecule has 0 aromatic carbocycles. The molecular weight excluding hydrogens is 371 g/mol. The summed E-state index contributed by atoms with van der Waals surface area (Å²) in [5, 5.41) is 0. The molecule has 0 aliphatic rings. The third-order valence-electron chi connectivity index (χ3n) is 4.72. The van der Waals surface area contributed by atoms with Crippen LogP contribution in [-0.2, 0) is 4.74 Å². The minimum Gasteiger partial charge on any atom is -1.00 e. The van der Waals surface area contributed by atoms with Gasteiger partial charge in [-0.2, -0.15) is 0 Å². The number of rotatable bonds is 19. The summed E-state index contributed by atoms with van der Waals surface area (Å²) in [4.78, 5) is 0. The van der Waals surface area contributed by atoms with Gasteiger partial charge < -0.3 is 6.16 Å². The van der Waals surface area contributed by atoms with Gasteiger partial charge in [0.05, 0.1) is 6.61 Å². The van der Waals surface area contributed by atoms with E-state index in [0.717, 1.165) is 13.0 Å². The molecular formula is C21H43KOS2. The Morgan fingerprint density at radius 1 is 0.640 bits per heavy atom. The minimum atomic E-state index is 0. The number of unbranched alkanes of at least 4 members (excludes halogenated alkanes) is 17. The van der Waals surface area contributed by atoms with Crippen LogP contribution in [0.5, 0.6) is 0 Å². The Hall–Kier alpha value is 1.88. The topological polar surface area (TPSA) is 9.23 Å². The second kappa shape index (κ2) is 25.9. The normalized spacial score (nSPS) is 10.5. The van der Waals surface area contributed by atoms with Gasteiger partial charge >= 0.3 is 51.4 Å². The van der Waals surface area contributed by atoms with Crippen molar-refractivity contribution in [1.29, 1.82) is 0 Å². The summed E-state index contributed by atoms with van der Waals surface area (Å²) in [6.45, 7) is 3.03. The first-order chi connectivity index (χ1) is 11.8. The standard InChI is InChI=1S/C21H42OS2.K.H/c1-2-3-4-5-6-7-8-9-10-11-12-13-14-15-16-17-18-19-20-22-21(23)24;;/h2-20H2,1H3,(H,23,24);;/q;+1;-1. The maximum Gasteiger partial charge on any atom is 1.00 e. The molecule has 25 heavy (non-hydrogen) atoms. The van der Waals surface area contributed by atoms with Crippen molar-refractivity contribution in [2.75, 3.05) is 6.61 Å². The van der Waals surface area contributed by atoms with E-state index in [2.05, 4.69) is 19.6 Å². The van der Waals surface area contributed by atoms with E-state index < -0.39 is 0 Å². The molecule has 0 saturated carbocycles. The molecule has 0 saturated heterocycles. The largest absolute Gasteiger partial charge is 1.00 e. The summed E-state index contributed by atoms with van der Waals surface area (Å²) in [6, 6.07) is 0. The van der Waals surface area contributed by atoms with Crippen LogP contribution in [0.25, 0.3) is 0 Å². The predicted molar refractivity (Wildman–Crippen MR) is 117 cm³/mol. The second-order valence-corrected chi connectivity index (χ2v) is 8.20. The Morgan fingerprint density at radius 2 is 0.920 bits per heavy atom. The molecule has 0 aromatic heterocycles. The number of thiol groups is 1. The van der Waals surface area contributed by atoms with Crippen LogP contribution in [0.2, 0.25) is 0 Å². The minimum absolute atomic E-state index is 0. The average molecular weight is 415 g/mol. The molecule has 0 N–H and O–H groups in total. The maximum atomic E-state index is 5.17. The molecule has 0 aliphatic heterocycles. The molecule has 4 heteroatoms. The van der Waals surface area contributed by atoms with E-state index in [1.165, 1.54) is 109 Å². The fraction of sp³-hybridized carbons (Fsp3) is 0.952. The van der Waals surface area contributed by atoms with Gasteiger partial charge in [0.15, 0.2) is 0 Å². The van der Waals surface area contributed by atoms with Crippen LogP contribution < -0.4 is 51.4 Å². The predicted octanol–water partition coefficient (Wildman–Crippen LogP) is 5.38. The van der Waals surface area contributed by atoms with Crippen LogP contribution in [0.1, 0.15) is 124 Å². The van der Waals surface area contributed by atoms with Gasteiger partial charge in [0.25, 0.3) is 0 Å². The fourth-order valence-corrected chi connectivity index (χ4v) is 3.34. The van der Waals surface area contributed by atoms with Crippen molar-refractivity contribution in [2.45, 2.75) is 122 Å². The van der Waals surface area contributed by atoms with Crippen LogP contribution in [0.3, 0.4) is 0 Å². The molecule has 0 aliphatic carbocycles.